The Balaban J connectivity index is 2.93. The molecule has 0 aliphatic heterocycles. The van der Waals surface area contributed by atoms with E-state index in [0.29, 0.717) is 6.07 Å². The van der Waals surface area contributed by atoms with Gasteiger partial charge in [-0.3, -0.25) is 0 Å². The zero-order chi connectivity index (χ0) is 13.9. The van der Waals surface area contributed by atoms with Gasteiger partial charge < -0.3 is 11.1 Å². The normalized spacial score (nSPS) is 13.8. The lowest BCUT2D eigenvalue weighted by atomic mass is 10.0. The molecule has 0 saturated carbocycles. The van der Waals surface area contributed by atoms with Gasteiger partial charge in [0.15, 0.2) is 0 Å². The first kappa shape index (κ1) is 14.8. The van der Waals surface area contributed by atoms with Crippen LogP contribution in [-0.2, 0) is 6.18 Å². The second-order valence-corrected chi connectivity index (χ2v) is 4.42. The number of rotatable bonds is 4. The summed E-state index contributed by atoms with van der Waals surface area (Å²) in [6.07, 6.45) is -4.54. The molecule has 102 valence electrons. The van der Waals surface area contributed by atoms with E-state index in [2.05, 4.69) is 5.32 Å². The van der Waals surface area contributed by atoms with Gasteiger partial charge >= 0.3 is 6.18 Å². The summed E-state index contributed by atoms with van der Waals surface area (Å²) in [6, 6.07) is 2.23. The summed E-state index contributed by atoms with van der Waals surface area (Å²) in [4.78, 5) is 0. The lowest BCUT2D eigenvalue weighted by Crippen LogP contribution is -2.34. The number of hydrogen-bond acceptors (Lipinski definition) is 2. The van der Waals surface area contributed by atoms with Crippen LogP contribution in [0.25, 0.3) is 0 Å². The van der Waals surface area contributed by atoms with Crippen LogP contribution < -0.4 is 11.1 Å². The second-order valence-electron chi connectivity index (χ2n) is 4.42. The lowest BCUT2D eigenvalue weighted by Gasteiger charge is -2.22. The van der Waals surface area contributed by atoms with Crippen molar-refractivity contribution in [3.8, 4) is 0 Å². The fourth-order valence-corrected chi connectivity index (χ4v) is 1.51. The van der Waals surface area contributed by atoms with Gasteiger partial charge in [0.2, 0.25) is 0 Å². The van der Waals surface area contributed by atoms with E-state index in [-0.39, 0.29) is 24.2 Å². The van der Waals surface area contributed by atoms with Crippen molar-refractivity contribution in [2.24, 2.45) is 11.7 Å². The molecule has 0 amide bonds. The molecule has 6 heteroatoms. The summed E-state index contributed by atoms with van der Waals surface area (Å²) in [5, 5.41) is 2.81. The van der Waals surface area contributed by atoms with Crippen LogP contribution in [0.3, 0.4) is 0 Å². The number of alkyl halides is 3. The molecule has 0 bridgehead atoms. The molecule has 1 atom stereocenters. The molecule has 0 radical (unpaired) electrons. The minimum absolute atomic E-state index is 0.0344. The van der Waals surface area contributed by atoms with Gasteiger partial charge in [0.1, 0.15) is 5.82 Å². The molecule has 0 aliphatic rings. The molecule has 3 N–H and O–H groups in total. The molecule has 0 spiro atoms. The maximum atomic E-state index is 13.5. The standard InChI is InChI=1S/C12H16F4N2/c1-7(2)11(6-17)18-10-4-3-8(5-9(10)13)12(14,15)16/h3-5,7,11,18H,6,17H2,1-2H3. The largest absolute Gasteiger partial charge is 0.416 e. The van der Waals surface area contributed by atoms with Crippen LogP contribution in [0.2, 0.25) is 0 Å². The van der Waals surface area contributed by atoms with Crippen molar-refractivity contribution in [2.75, 3.05) is 11.9 Å². The summed E-state index contributed by atoms with van der Waals surface area (Å²) in [5.74, 6) is -0.777. The Kier molecular flexibility index (Phi) is 4.56. The van der Waals surface area contributed by atoms with Crippen molar-refractivity contribution in [3.63, 3.8) is 0 Å². The Morgan fingerprint density at radius 1 is 1.28 bits per heavy atom. The van der Waals surface area contributed by atoms with E-state index >= 15 is 0 Å². The second kappa shape index (κ2) is 5.56. The number of hydrogen-bond donors (Lipinski definition) is 2. The molecule has 1 unspecified atom stereocenters. The van der Waals surface area contributed by atoms with E-state index in [1.54, 1.807) is 0 Å². The minimum atomic E-state index is -4.54. The van der Waals surface area contributed by atoms with E-state index < -0.39 is 17.6 Å². The highest BCUT2D eigenvalue weighted by Crippen LogP contribution is 2.31. The maximum absolute atomic E-state index is 13.5. The van der Waals surface area contributed by atoms with Crippen molar-refractivity contribution in [1.82, 2.24) is 0 Å². The molecule has 0 aliphatic carbocycles. The zero-order valence-corrected chi connectivity index (χ0v) is 10.2. The highest BCUT2D eigenvalue weighted by atomic mass is 19.4. The van der Waals surface area contributed by atoms with Crippen molar-refractivity contribution in [2.45, 2.75) is 26.1 Å². The predicted molar refractivity (Wildman–Crippen MR) is 62.7 cm³/mol. The van der Waals surface area contributed by atoms with Gasteiger partial charge in [0, 0.05) is 12.6 Å². The molecular weight excluding hydrogens is 248 g/mol. The maximum Gasteiger partial charge on any atom is 0.416 e. The number of halogens is 4. The van der Waals surface area contributed by atoms with Crippen molar-refractivity contribution in [1.29, 1.82) is 0 Å². The topological polar surface area (TPSA) is 38.0 Å². The Morgan fingerprint density at radius 2 is 1.89 bits per heavy atom. The van der Waals surface area contributed by atoms with E-state index in [1.165, 1.54) is 0 Å². The molecule has 0 heterocycles. The van der Waals surface area contributed by atoms with Gasteiger partial charge in [-0.25, -0.2) is 4.39 Å². The number of nitrogens with one attached hydrogen (secondary N) is 1. The van der Waals surface area contributed by atoms with Crippen LogP contribution in [-0.4, -0.2) is 12.6 Å². The van der Waals surface area contributed by atoms with Crippen LogP contribution in [0.5, 0.6) is 0 Å². The van der Waals surface area contributed by atoms with Gasteiger partial charge in [-0.2, -0.15) is 13.2 Å². The van der Waals surface area contributed by atoms with Gasteiger partial charge in [-0.1, -0.05) is 13.8 Å². The van der Waals surface area contributed by atoms with Crippen molar-refractivity contribution in [3.05, 3.63) is 29.6 Å². The Labute approximate surface area is 103 Å². The third kappa shape index (κ3) is 3.60. The first-order valence-corrected chi connectivity index (χ1v) is 5.59. The van der Waals surface area contributed by atoms with Crippen LogP contribution >= 0.6 is 0 Å². The Hall–Kier alpha value is -1.30. The SMILES string of the molecule is CC(C)C(CN)Nc1ccc(C(F)(F)F)cc1F. The van der Waals surface area contributed by atoms with Gasteiger partial charge in [-0.05, 0) is 24.1 Å². The average Bonchev–Trinajstić information content (AvgIpc) is 2.25. The van der Waals surface area contributed by atoms with Crippen LogP contribution in [0.15, 0.2) is 18.2 Å². The molecule has 1 rings (SSSR count). The Bertz CT molecular complexity index is 402. The first-order chi connectivity index (χ1) is 8.25. The van der Waals surface area contributed by atoms with Gasteiger partial charge in [-0.15, -0.1) is 0 Å². The zero-order valence-electron chi connectivity index (χ0n) is 10.2. The van der Waals surface area contributed by atoms with Crippen LogP contribution in [0.4, 0.5) is 23.2 Å². The minimum Gasteiger partial charge on any atom is -0.378 e. The summed E-state index contributed by atoms with van der Waals surface area (Å²) in [7, 11) is 0. The highest BCUT2D eigenvalue weighted by Gasteiger charge is 2.31. The predicted octanol–water partition coefficient (Wildman–Crippen LogP) is 3.24. The molecule has 1 aromatic rings. The molecule has 1 aromatic carbocycles. The van der Waals surface area contributed by atoms with Crippen LogP contribution in [0, 0.1) is 11.7 Å². The summed E-state index contributed by atoms with van der Waals surface area (Å²) < 4.78 is 50.6. The van der Waals surface area contributed by atoms with Crippen molar-refractivity contribution >= 4 is 5.69 Å². The molecular formula is C12H16F4N2. The third-order valence-corrected chi connectivity index (χ3v) is 2.70. The highest BCUT2D eigenvalue weighted by molar-refractivity contribution is 5.47. The van der Waals surface area contributed by atoms with Crippen molar-refractivity contribution < 1.29 is 17.6 Å². The van der Waals surface area contributed by atoms with E-state index in [4.69, 9.17) is 5.73 Å². The summed E-state index contributed by atoms with van der Waals surface area (Å²) in [6.45, 7) is 4.07. The van der Waals surface area contributed by atoms with E-state index in [0.717, 1.165) is 12.1 Å². The van der Waals surface area contributed by atoms with E-state index in [9.17, 15) is 17.6 Å². The molecule has 18 heavy (non-hydrogen) atoms. The lowest BCUT2D eigenvalue weighted by molar-refractivity contribution is -0.137. The molecule has 0 aromatic heterocycles. The van der Waals surface area contributed by atoms with E-state index in [1.807, 2.05) is 13.8 Å². The average molecular weight is 264 g/mol. The van der Waals surface area contributed by atoms with Gasteiger partial charge in [0.25, 0.3) is 0 Å². The monoisotopic (exact) mass is 264 g/mol. The molecule has 2 nitrogen and oxygen atoms in total. The Morgan fingerprint density at radius 3 is 2.28 bits per heavy atom. The fraction of sp³-hybridized carbons (Fsp3) is 0.500. The summed E-state index contributed by atoms with van der Waals surface area (Å²) >= 11 is 0. The fourth-order valence-electron chi connectivity index (χ4n) is 1.51. The quantitative estimate of drug-likeness (QED) is 0.819. The number of benzene rings is 1. The van der Waals surface area contributed by atoms with Gasteiger partial charge in [0.05, 0.1) is 11.3 Å². The molecule has 0 fully saturated rings. The smallest absolute Gasteiger partial charge is 0.378 e. The number of anilines is 1. The first-order valence-electron chi connectivity index (χ1n) is 5.59. The molecule has 0 saturated heterocycles. The van der Waals surface area contributed by atoms with Crippen LogP contribution in [0.1, 0.15) is 19.4 Å². The number of nitrogens with two attached hydrogens (primary N) is 1. The third-order valence-electron chi connectivity index (χ3n) is 2.70. The summed E-state index contributed by atoms with van der Waals surface area (Å²) in [5.41, 5.74) is 4.54.